The van der Waals surface area contributed by atoms with E-state index in [0.29, 0.717) is 12.8 Å². The van der Waals surface area contributed by atoms with E-state index in [1.807, 2.05) is 0 Å². The summed E-state index contributed by atoms with van der Waals surface area (Å²) in [6.45, 7) is 2.05. The SMILES string of the molecule is CCCCC/C=C\CCCCCCCC(=O)OC(CO)COP(=O)(O)OCC(CO)OC(=O)CCCCCCCC. The third kappa shape index (κ3) is 26.1. The molecule has 3 atom stereocenters. The minimum Gasteiger partial charge on any atom is -0.457 e. The maximum atomic E-state index is 12.2. The number of unbranched alkanes of at least 4 members (excludes halogenated alkanes) is 13. The third-order valence-corrected chi connectivity index (χ3v) is 7.43. The molecular formula is C30H57O10P. The zero-order valence-corrected chi connectivity index (χ0v) is 26.4. The molecule has 0 radical (unpaired) electrons. The van der Waals surface area contributed by atoms with E-state index in [2.05, 4.69) is 26.0 Å². The lowest BCUT2D eigenvalue weighted by molar-refractivity contribution is -0.153. The fourth-order valence-corrected chi connectivity index (χ4v) is 4.77. The predicted octanol–water partition coefficient (Wildman–Crippen LogP) is 6.55. The van der Waals surface area contributed by atoms with Gasteiger partial charge >= 0.3 is 19.8 Å². The number of hydrogen-bond acceptors (Lipinski definition) is 9. The van der Waals surface area contributed by atoms with Gasteiger partial charge in [0.2, 0.25) is 0 Å². The van der Waals surface area contributed by atoms with Gasteiger partial charge in [-0.2, -0.15) is 0 Å². The highest BCUT2D eigenvalue weighted by Crippen LogP contribution is 2.43. The van der Waals surface area contributed by atoms with Crippen LogP contribution in [0.25, 0.3) is 0 Å². The quantitative estimate of drug-likeness (QED) is 0.0369. The van der Waals surface area contributed by atoms with Crippen molar-refractivity contribution in [2.45, 2.75) is 142 Å². The molecule has 242 valence electrons. The molecule has 0 aromatic carbocycles. The van der Waals surface area contributed by atoms with Gasteiger partial charge < -0.3 is 24.6 Å². The Bertz CT molecular complexity index is 715. The smallest absolute Gasteiger partial charge is 0.457 e. The molecule has 0 aromatic rings. The summed E-state index contributed by atoms with van der Waals surface area (Å²) in [5.41, 5.74) is 0. The molecule has 3 N–H and O–H groups in total. The van der Waals surface area contributed by atoms with Gasteiger partial charge in [-0.25, -0.2) is 4.57 Å². The van der Waals surface area contributed by atoms with Crippen LogP contribution in [-0.2, 0) is 32.7 Å². The standard InChI is InChI=1S/C30H57O10P/c1-3-5-7-9-11-12-13-14-15-16-18-20-22-30(34)40-28(24-32)26-38-41(35,36)37-25-27(23-31)39-29(33)21-19-17-10-8-6-4-2/h11-12,27-28,31-32H,3-10,13-26H2,1-2H3,(H,35,36)/b12-11-. The molecule has 11 heteroatoms. The molecule has 0 aliphatic rings. The Kier molecular flexibility index (Phi) is 26.7. The summed E-state index contributed by atoms with van der Waals surface area (Å²) < 4.78 is 32.1. The van der Waals surface area contributed by atoms with Crippen LogP contribution >= 0.6 is 7.82 Å². The number of carbonyl (C=O) groups is 2. The van der Waals surface area contributed by atoms with Gasteiger partial charge in [0.05, 0.1) is 26.4 Å². The predicted molar refractivity (Wildman–Crippen MR) is 159 cm³/mol. The van der Waals surface area contributed by atoms with Gasteiger partial charge in [0, 0.05) is 12.8 Å². The Morgan fingerprint density at radius 2 is 1.00 bits per heavy atom. The van der Waals surface area contributed by atoms with Crippen molar-refractivity contribution in [2.24, 2.45) is 0 Å². The van der Waals surface area contributed by atoms with Crippen LogP contribution < -0.4 is 0 Å². The van der Waals surface area contributed by atoms with Crippen LogP contribution in [0.15, 0.2) is 12.2 Å². The number of carbonyl (C=O) groups excluding carboxylic acids is 2. The third-order valence-electron chi connectivity index (χ3n) is 6.48. The monoisotopic (exact) mass is 608 g/mol. The van der Waals surface area contributed by atoms with Gasteiger partial charge in [0.15, 0.2) is 0 Å². The topological polar surface area (TPSA) is 149 Å². The average Bonchev–Trinajstić information content (AvgIpc) is 2.95. The van der Waals surface area contributed by atoms with Crippen molar-refractivity contribution in [1.82, 2.24) is 0 Å². The Hall–Kier alpha value is -1.29. The molecule has 0 aromatic heterocycles. The van der Waals surface area contributed by atoms with Crippen molar-refractivity contribution in [3.63, 3.8) is 0 Å². The molecule has 0 aliphatic carbocycles. The maximum absolute atomic E-state index is 12.2. The molecule has 3 unspecified atom stereocenters. The highest BCUT2D eigenvalue weighted by molar-refractivity contribution is 7.47. The average molecular weight is 609 g/mol. The molecule has 0 heterocycles. The number of rotatable bonds is 29. The molecular weight excluding hydrogens is 551 g/mol. The van der Waals surface area contributed by atoms with E-state index in [-0.39, 0.29) is 12.8 Å². The lowest BCUT2D eigenvalue weighted by Gasteiger charge is -2.20. The minimum absolute atomic E-state index is 0.184. The van der Waals surface area contributed by atoms with E-state index in [4.69, 9.17) is 18.5 Å². The van der Waals surface area contributed by atoms with Gasteiger partial charge in [0.1, 0.15) is 12.2 Å². The molecule has 0 fully saturated rings. The maximum Gasteiger partial charge on any atom is 0.472 e. The fourth-order valence-electron chi connectivity index (χ4n) is 3.99. The first-order valence-corrected chi connectivity index (χ1v) is 17.1. The summed E-state index contributed by atoms with van der Waals surface area (Å²) in [5.74, 6) is -1.04. The number of phosphoric acid groups is 1. The van der Waals surface area contributed by atoms with Crippen molar-refractivity contribution in [3.8, 4) is 0 Å². The lowest BCUT2D eigenvalue weighted by atomic mass is 10.1. The summed E-state index contributed by atoms with van der Waals surface area (Å²) in [6.07, 6.45) is 19.5. The molecule has 0 aliphatic heterocycles. The van der Waals surface area contributed by atoms with Crippen LogP contribution in [-0.4, -0.2) is 65.7 Å². The molecule has 0 saturated heterocycles. The van der Waals surface area contributed by atoms with E-state index in [1.54, 1.807) is 0 Å². The molecule has 0 spiro atoms. The van der Waals surface area contributed by atoms with Crippen molar-refractivity contribution >= 4 is 19.8 Å². The highest BCUT2D eigenvalue weighted by Gasteiger charge is 2.27. The summed E-state index contributed by atoms with van der Waals surface area (Å²) in [5, 5.41) is 18.9. The van der Waals surface area contributed by atoms with Gasteiger partial charge in [0.25, 0.3) is 0 Å². The first-order chi connectivity index (χ1) is 19.8. The second kappa shape index (κ2) is 27.5. The summed E-state index contributed by atoms with van der Waals surface area (Å²) in [4.78, 5) is 33.9. The van der Waals surface area contributed by atoms with Crippen molar-refractivity contribution in [2.75, 3.05) is 26.4 Å². The van der Waals surface area contributed by atoms with Crippen molar-refractivity contribution < 1.29 is 47.8 Å². The van der Waals surface area contributed by atoms with Crippen LogP contribution in [0.2, 0.25) is 0 Å². The number of aliphatic hydroxyl groups excluding tert-OH is 2. The molecule has 10 nitrogen and oxygen atoms in total. The number of phosphoric ester groups is 1. The highest BCUT2D eigenvalue weighted by atomic mass is 31.2. The molecule has 0 amide bonds. The van der Waals surface area contributed by atoms with E-state index in [9.17, 15) is 29.3 Å². The molecule has 0 saturated carbocycles. The first kappa shape index (κ1) is 39.7. The largest absolute Gasteiger partial charge is 0.472 e. The van der Waals surface area contributed by atoms with Crippen LogP contribution in [0.3, 0.4) is 0 Å². The van der Waals surface area contributed by atoms with E-state index in [1.165, 1.54) is 19.3 Å². The zero-order chi connectivity index (χ0) is 30.6. The number of aliphatic hydroxyl groups is 2. The van der Waals surface area contributed by atoms with Crippen LogP contribution in [0.1, 0.15) is 129 Å². The van der Waals surface area contributed by atoms with Gasteiger partial charge in [-0.1, -0.05) is 90.2 Å². The van der Waals surface area contributed by atoms with E-state index in [0.717, 1.165) is 70.6 Å². The van der Waals surface area contributed by atoms with Crippen molar-refractivity contribution in [3.05, 3.63) is 12.2 Å². The Morgan fingerprint density at radius 3 is 1.44 bits per heavy atom. The summed E-state index contributed by atoms with van der Waals surface area (Å²) >= 11 is 0. The zero-order valence-electron chi connectivity index (χ0n) is 25.5. The number of allylic oxidation sites excluding steroid dienone is 2. The van der Waals surface area contributed by atoms with Gasteiger partial charge in [-0.3, -0.25) is 18.6 Å². The Balaban J connectivity index is 4.07. The number of hydrogen-bond donors (Lipinski definition) is 3. The summed E-state index contributed by atoms with van der Waals surface area (Å²) in [6, 6.07) is 0. The molecule has 41 heavy (non-hydrogen) atoms. The number of esters is 2. The van der Waals surface area contributed by atoms with Crippen molar-refractivity contribution in [1.29, 1.82) is 0 Å². The summed E-state index contributed by atoms with van der Waals surface area (Å²) in [7, 11) is -4.61. The van der Waals surface area contributed by atoms with E-state index >= 15 is 0 Å². The lowest BCUT2D eigenvalue weighted by Crippen LogP contribution is -2.28. The minimum atomic E-state index is -4.61. The first-order valence-electron chi connectivity index (χ1n) is 15.6. The van der Waals surface area contributed by atoms with Gasteiger partial charge in [-0.05, 0) is 38.5 Å². The Labute approximate surface area is 247 Å². The normalized spacial score (nSPS) is 14.6. The van der Waals surface area contributed by atoms with Crippen LogP contribution in [0.4, 0.5) is 0 Å². The van der Waals surface area contributed by atoms with Crippen LogP contribution in [0, 0.1) is 0 Å². The fraction of sp³-hybridized carbons (Fsp3) is 0.867. The second-order valence-electron chi connectivity index (χ2n) is 10.4. The van der Waals surface area contributed by atoms with Gasteiger partial charge in [-0.15, -0.1) is 0 Å². The molecule has 0 rings (SSSR count). The van der Waals surface area contributed by atoms with Crippen LogP contribution in [0.5, 0.6) is 0 Å². The second-order valence-corrected chi connectivity index (χ2v) is 11.9. The Morgan fingerprint density at radius 1 is 0.634 bits per heavy atom. The number of ether oxygens (including phenoxy) is 2. The molecule has 0 bridgehead atoms. The van der Waals surface area contributed by atoms with E-state index < -0.39 is 58.4 Å².